The fraction of sp³-hybridized carbons (Fsp3) is 0.457. The Labute approximate surface area is 348 Å². The van der Waals surface area contributed by atoms with Crippen LogP contribution in [0.25, 0.3) is 0 Å². The van der Waals surface area contributed by atoms with Gasteiger partial charge in [0, 0.05) is 98.0 Å². The SMILES string of the molecule is CC1(C)C(Oc2ccc(C#N)c(Cl)c2)C(C)(C)C1N1Cc2cc(C#CC3CN(C4CN(c5cnc6c(c5)C(=O)N(C5CCC(=O)CCCC5=O)C6=O)C4)C3)ccc2C1=O. The average Bonchev–Trinajstić information content (AvgIpc) is 3.60. The molecule has 13 heteroatoms. The number of aromatic nitrogens is 1. The predicted octanol–water partition coefficient (Wildman–Crippen LogP) is 5.68. The molecule has 0 spiro atoms. The van der Waals surface area contributed by atoms with Crippen molar-refractivity contribution in [3.05, 3.63) is 87.2 Å². The van der Waals surface area contributed by atoms with E-state index in [9.17, 15) is 29.2 Å². The van der Waals surface area contributed by atoms with E-state index in [-0.39, 0.29) is 76.9 Å². The summed E-state index contributed by atoms with van der Waals surface area (Å²) in [6.07, 6.45) is 2.74. The van der Waals surface area contributed by atoms with Crippen molar-refractivity contribution in [3.63, 3.8) is 0 Å². The highest BCUT2D eigenvalue weighted by molar-refractivity contribution is 6.31. The van der Waals surface area contributed by atoms with Crippen molar-refractivity contribution in [1.29, 1.82) is 5.26 Å². The minimum absolute atomic E-state index is 0.0211. The molecule has 0 N–H and O–H groups in total. The number of halogens is 1. The largest absolute Gasteiger partial charge is 0.489 e. The number of benzene rings is 2. The number of nitriles is 1. The zero-order valence-electron chi connectivity index (χ0n) is 33.6. The maximum absolute atomic E-state index is 13.8. The lowest BCUT2D eigenvalue weighted by atomic mass is 9.49. The lowest BCUT2D eigenvalue weighted by Crippen LogP contribution is -2.74. The molecule has 2 saturated carbocycles. The first-order chi connectivity index (χ1) is 28.1. The molecular weight excluding hydrogens is 768 g/mol. The molecular formula is C46H45ClN6O6. The summed E-state index contributed by atoms with van der Waals surface area (Å²) in [4.78, 5) is 77.4. The van der Waals surface area contributed by atoms with Crippen LogP contribution in [-0.2, 0) is 16.1 Å². The van der Waals surface area contributed by atoms with Crippen LogP contribution in [0.4, 0.5) is 5.69 Å². The van der Waals surface area contributed by atoms with Gasteiger partial charge in [-0.1, -0.05) is 51.1 Å². The number of rotatable bonds is 6. The molecule has 302 valence electrons. The van der Waals surface area contributed by atoms with Gasteiger partial charge in [-0.15, -0.1) is 0 Å². The van der Waals surface area contributed by atoms with E-state index in [2.05, 4.69) is 60.4 Å². The maximum atomic E-state index is 13.8. The number of imide groups is 1. The highest BCUT2D eigenvalue weighted by atomic mass is 35.5. The lowest BCUT2D eigenvalue weighted by molar-refractivity contribution is -0.199. The Kier molecular flexibility index (Phi) is 9.45. The van der Waals surface area contributed by atoms with Gasteiger partial charge in [-0.3, -0.25) is 33.8 Å². The van der Waals surface area contributed by atoms with E-state index in [4.69, 9.17) is 16.3 Å². The number of likely N-dealkylation sites (tertiary alicyclic amines) is 1. The minimum atomic E-state index is -0.929. The smallest absolute Gasteiger partial charge is 0.280 e. The summed E-state index contributed by atoms with van der Waals surface area (Å²) >= 11 is 6.29. The third kappa shape index (κ3) is 6.48. The molecule has 2 saturated heterocycles. The Morgan fingerprint density at radius 2 is 1.63 bits per heavy atom. The number of carbonyl (C=O) groups excluding carboxylic acids is 5. The highest BCUT2D eigenvalue weighted by Gasteiger charge is 2.67. The van der Waals surface area contributed by atoms with Crippen LogP contribution in [0.5, 0.6) is 5.75 Å². The van der Waals surface area contributed by atoms with Crippen LogP contribution in [-0.4, -0.2) is 99.4 Å². The van der Waals surface area contributed by atoms with E-state index in [1.165, 1.54) is 0 Å². The quantitative estimate of drug-likeness (QED) is 0.225. The zero-order chi connectivity index (χ0) is 41.5. The molecule has 59 heavy (non-hydrogen) atoms. The summed E-state index contributed by atoms with van der Waals surface area (Å²) in [5.74, 6) is 6.45. The second-order valence-electron chi connectivity index (χ2n) is 18.1. The molecule has 1 aromatic heterocycles. The van der Waals surface area contributed by atoms with Crippen LogP contribution in [0.3, 0.4) is 0 Å². The molecule has 5 heterocycles. The Hall–Kier alpha value is -5.56. The van der Waals surface area contributed by atoms with Crippen LogP contribution in [0.15, 0.2) is 48.7 Å². The van der Waals surface area contributed by atoms with E-state index >= 15 is 0 Å². The summed E-state index contributed by atoms with van der Waals surface area (Å²) in [6, 6.07) is 14.1. The van der Waals surface area contributed by atoms with E-state index in [0.717, 1.165) is 47.9 Å². The van der Waals surface area contributed by atoms with Crippen molar-refractivity contribution < 1.29 is 28.7 Å². The monoisotopic (exact) mass is 812 g/mol. The van der Waals surface area contributed by atoms with Crippen molar-refractivity contribution in [1.82, 2.24) is 19.7 Å². The number of Topliss-reactive ketones (excluding diaryl/α,β-unsaturated/α-hetero) is 2. The molecule has 0 radical (unpaired) electrons. The van der Waals surface area contributed by atoms with Crippen molar-refractivity contribution in [3.8, 4) is 23.7 Å². The molecule has 4 aliphatic heterocycles. The van der Waals surface area contributed by atoms with E-state index in [0.29, 0.717) is 47.3 Å². The van der Waals surface area contributed by atoms with Gasteiger partial charge >= 0.3 is 0 Å². The number of nitrogens with zero attached hydrogens (tertiary/aromatic N) is 6. The fourth-order valence-corrected chi connectivity index (χ4v) is 10.9. The molecule has 0 bridgehead atoms. The number of hydrogen-bond acceptors (Lipinski definition) is 10. The zero-order valence-corrected chi connectivity index (χ0v) is 34.3. The number of amides is 3. The number of hydrogen-bond donors (Lipinski definition) is 0. The average molecular weight is 813 g/mol. The third-order valence-electron chi connectivity index (χ3n) is 13.4. The molecule has 3 amide bonds. The van der Waals surface area contributed by atoms with Gasteiger partial charge in [0.2, 0.25) is 0 Å². The van der Waals surface area contributed by atoms with E-state index in [1.54, 1.807) is 30.5 Å². The Morgan fingerprint density at radius 1 is 0.864 bits per heavy atom. The molecule has 6 aliphatic rings. The van der Waals surface area contributed by atoms with Gasteiger partial charge in [0.1, 0.15) is 29.4 Å². The predicted molar refractivity (Wildman–Crippen MR) is 218 cm³/mol. The molecule has 1 unspecified atom stereocenters. The first-order valence-corrected chi connectivity index (χ1v) is 20.8. The number of pyridine rings is 1. The van der Waals surface area contributed by atoms with Gasteiger partial charge in [-0.25, -0.2) is 4.98 Å². The number of fused-ring (bicyclic) bond motifs is 2. The maximum Gasteiger partial charge on any atom is 0.280 e. The molecule has 1 atom stereocenters. The van der Waals surface area contributed by atoms with Crippen LogP contribution < -0.4 is 9.64 Å². The number of carbonyl (C=O) groups is 5. The van der Waals surface area contributed by atoms with E-state index in [1.807, 2.05) is 23.1 Å². The summed E-state index contributed by atoms with van der Waals surface area (Å²) in [5, 5.41) is 9.61. The van der Waals surface area contributed by atoms with Crippen LogP contribution >= 0.6 is 11.6 Å². The van der Waals surface area contributed by atoms with Gasteiger partial charge in [-0.05, 0) is 54.8 Å². The molecule has 9 rings (SSSR count). The summed E-state index contributed by atoms with van der Waals surface area (Å²) in [6.45, 7) is 12.3. The first-order valence-electron chi connectivity index (χ1n) is 20.4. The van der Waals surface area contributed by atoms with Gasteiger partial charge in [0.15, 0.2) is 5.78 Å². The van der Waals surface area contributed by atoms with Crippen LogP contribution in [0.2, 0.25) is 5.02 Å². The topological polar surface area (TPSA) is 144 Å². The minimum Gasteiger partial charge on any atom is -0.489 e. The van der Waals surface area contributed by atoms with Gasteiger partial charge in [0.25, 0.3) is 17.7 Å². The standard InChI is InChI=1S/C46H45ClN6O6/c1-45(2)43(46(3,4)44(45)59-33-13-11-28(19-48)36(47)18-33)52-23-29-16-26(10-14-34(29)40(52)56)8-9-27-21-50(22-27)31-24-51(25-31)30-17-35-39(49-20-30)42(58)53(41(35)57)37-15-12-32(54)6-5-7-38(37)55/h10-11,13-14,16-18,20,27,31,37,43-44H,5-7,12,15,21-25H2,1-4H3. The molecule has 2 aromatic carbocycles. The van der Waals surface area contributed by atoms with Crippen molar-refractivity contribution in [2.24, 2.45) is 16.7 Å². The summed E-state index contributed by atoms with van der Waals surface area (Å²) in [5.41, 5.74) is 3.31. The number of ketones is 2. The molecule has 2 aliphatic carbocycles. The normalized spacial score (nSPS) is 25.2. The second kappa shape index (κ2) is 14.3. The fourth-order valence-electron chi connectivity index (χ4n) is 10.7. The lowest BCUT2D eigenvalue weighted by Gasteiger charge is -2.65. The van der Waals surface area contributed by atoms with Crippen molar-refractivity contribution >= 4 is 46.6 Å². The number of ether oxygens (including phenoxy) is 1. The summed E-state index contributed by atoms with van der Waals surface area (Å²) in [7, 11) is 0. The highest BCUT2D eigenvalue weighted by Crippen LogP contribution is 2.59. The van der Waals surface area contributed by atoms with Gasteiger partial charge in [-0.2, -0.15) is 5.26 Å². The molecule has 3 aromatic rings. The Bertz CT molecular complexity index is 2430. The Balaban J connectivity index is 0.781. The van der Waals surface area contributed by atoms with Crippen molar-refractivity contribution in [2.45, 2.75) is 90.6 Å². The molecule has 12 nitrogen and oxygen atoms in total. The second-order valence-corrected chi connectivity index (χ2v) is 18.5. The third-order valence-corrected chi connectivity index (χ3v) is 13.7. The number of anilines is 1. The van der Waals surface area contributed by atoms with Gasteiger partial charge in [0.05, 0.1) is 34.1 Å². The van der Waals surface area contributed by atoms with Crippen LogP contribution in [0.1, 0.15) is 108 Å². The first kappa shape index (κ1) is 38.9. The molecule has 4 fully saturated rings. The Morgan fingerprint density at radius 3 is 2.36 bits per heavy atom. The van der Waals surface area contributed by atoms with Crippen molar-refractivity contribution in [2.75, 3.05) is 31.1 Å². The summed E-state index contributed by atoms with van der Waals surface area (Å²) < 4.78 is 6.47. The van der Waals surface area contributed by atoms with Crippen LogP contribution in [0, 0.1) is 39.9 Å². The van der Waals surface area contributed by atoms with Gasteiger partial charge < -0.3 is 14.5 Å². The van der Waals surface area contributed by atoms with E-state index < -0.39 is 17.9 Å².